The summed E-state index contributed by atoms with van der Waals surface area (Å²) in [5, 5.41) is 3.31. The van der Waals surface area contributed by atoms with E-state index in [0.717, 1.165) is 5.56 Å². The summed E-state index contributed by atoms with van der Waals surface area (Å²) < 4.78 is 30.5. The summed E-state index contributed by atoms with van der Waals surface area (Å²) >= 11 is 0. The summed E-state index contributed by atoms with van der Waals surface area (Å²) in [7, 11) is 0. The molecule has 1 fully saturated rings. The van der Waals surface area contributed by atoms with Crippen LogP contribution in [0.15, 0.2) is 18.2 Å². The predicted molar refractivity (Wildman–Crippen MR) is 62.3 cm³/mol. The van der Waals surface area contributed by atoms with Gasteiger partial charge in [0.25, 0.3) is 0 Å². The fourth-order valence-electron chi connectivity index (χ4n) is 1.60. The normalized spacial score (nSPS) is 14.9. The molecule has 0 heterocycles. The molecule has 94 valence electrons. The standard InChI is InChI=1S/C13H17F2NO/c14-4-1-5-17-13-7-10(6-11(15)8-13)9-16-12-2-3-12/h6-8,12,16H,1-5,9H2. The highest BCUT2D eigenvalue weighted by molar-refractivity contribution is 5.29. The number of rotatable bonds is 7. The van der Waals surface area contributed by atoms with Crippen molar-refractivity contribution in [3.05, 3.63) is 29.6 Å². The lowest BCUT2D eigenvalue weighted by atomic mass is 10.2. The molecule has 0 aromatic heterocycles. The van der Waals surface area contributed by atoms with Gasteiger partial charge in [-0.2, -0.15) is 0 Å². The average molecular weight is 241 g/mol. The second kappa shape index (κ2) is 5.96. The smallest absolute Gasteiger partial charge is 0.127 e. The summed E-state index contributed by atoms with van der Waals surface area (Å²) in [5.74, 6) is 0.168. The number of hydrogen-bond acceptors (Lipinski definition) is 2. The Bertz CT molecular complexity index is 366. The molecule has 0 unspecified atom stereocenters. The van der Waals surface area contributed by atoms with Crippen LogP contribution in [0, 0.1) is 5.82 Å². The first-order valence-corrected chi connectivity index (χ1v) is 5.99. The summed E-state index contributed by atoms with van der Waals surface area (Å²) in [5.41, 5.74) is 0.868. The van der Waals surface area contributed by atoms with Crippen LogP contribution >= 0.6 is 0 Å². The van der Waals surface area contributed by atoms with E-state index >= 15 is 0 Å². The Balaban J connectivity index is 1.90. The molecule has 1 aliphatic carbocycles. The molecule has 1 saturated carbocycles. The molecule has 1 N–H and O–H groups in total. The Labute approximate surface area is 100.0 Å². The van der Waals surface area contributed by atoms with Crippen LogP contribution < -0.4 is 10.1 Å². The van der Waals surface area contributed by atoms with Crippen LogP contribution in [0.4, 0.5) is 8.78 Å². The highest BCUT2D eigenvalue weighted by atomic mass is 19.1. The number of halogens is 2. The zero-order valence-electron chi connectivity index (χ0n) is 9.72. The van der Waals surface area contributed by atoms with Crippen LogP contribution in [0.2, 0.25) is 0 Å². The third-order valence-electron chi connectivity index (χ3n) is 2.65. The SMILES string of the molecule is FCCCOc1cc(F)cc(CNC2CC2)c1. The van der Waals surface area contributed by atoms with Gasteiger partial charge in [-0.25, -0.2) is 4.39 Å². The molecule has 0 spiro atoms. The zero-order valence-corrected chi connectivity index (χ0v) is 9.72. The van der Waals surface area contributed by atoms with Crippen molar-refractivity contribution in [3.63, 3.8) is 0 Å². The van der Waals surface area contributed by atoms with Gasteiger partial charge in [-0.15, -0.1) is 0 Å². The van der Waals surface area contributed by atoms with Gasteiger partial charge in [0.15, 0.2) is 0 Å². The molecule has 2 rings (SSSR count). The van der Waals surface area contributed by atoms with Crippen molar-refractivity contribution in [3.8, 4) is 5.75 Å². The highest BCUT2D eigenvalue weighted by Gasteiger charge is 2.20. The molecule has 17 heavy (non-hydrogen) atoms. The number of alkyl halides is 1. The number of benzene rings is 1. The van der Waals surface area contributed by atoms with Crippen LogP contribution in [0.1, 0.15) is 24.8 Å². The molecule has 0 bridgehead atoms. The van der Waals surface area contributed by atoms with Gasteiger partial charge >= 0.3 is 0 Å². The monoisotopic (exact) mass is 241 g/mol. The second-order valence-electron chi connectivity index (χ2n) is 4.34. The third-order valence-corrected chi connectivity index (χ3v) is 2.65. The molecule has 1 aromatic carbocycles. The minimum absolute atomic E-state index is 0.287. The average Bonchev–Trinajstić information content (AvgIpc) is 3.10. The van der Waals surface area contributed by atoms with E-state index in [4.69, 9.17) is 4.74 Å². The van der Waals surface area contributed by atoms with E-state index in [9.17, 15) is 8.78 Å². The van der Waals surface area contributed by atoms with Gasteiger partial charge in [0.05, 0.1) is 13.3 Å². The van der Waals surface area contributed by atoms with Crippen LogP contribution in [-0.2, 0) is 6.54 Å². The number of hydrogen-bond donors (Lipinski definition) is 1. The van der Waals surface area contributed by atoms with Gasteiger partial charge in [0, 0.05) is 25.1 Å². The molecule has 0 atom stereocenters. The molecule has 0 aliphatic heterocycles. The minimum Gasteiger partial charge on any atom is -0.493 e. The largest absolute Gasteiger partial charge is 0.493 e. The van der Waals surface area contributed by atoms with E-state index in [1.807, 2.05) is 0 Å². The van der Waals surface area contributed by atoms with Gasteiger partial charge in [-0.1, -0.05) is 0 Å². The summed E-state index contributed by atoms with van der Waals surface area (Å²) in [4.78, 5) is 0. The Morgan fingerprint density at radius 1 is 1.29 bits per heavy atom. The third kappa shape index (κ3) is 4.30. The molecule has 4 heteroatoms. The van der Waals surface area contributed by atoms with Crippen molar-refractivity contribution < 1.29 is 13.5 Å². The Kier molecular flexibility index (Phi) is 4.31. The maximum Gasteiger partial charge on any atom is 0.127 e. The van der Waals surface area contributed by atoms with E-state index in [2.05, 4.69) is 5.32 Å². The van der Waals surface area contributed by atoms with Crippen LogP contribution in [-0.4, -0.2) is 19.3 Å². The highest BCUT2D eigenvalue weighted by Crippen LogP contribution is 2.21. The van der Waals surface area contributed by atoms with Crippen molar-refractivity contribution in [1.29, 1.82) is 0 Å². The summed E-state index contributed by atoms with van der Waals surface area (Å²) in [6.07, 6.45) is 2.75. The van der Waals surface area contributed by atoms with Crippen LogP contribution in [0.3, 0.4) is 0 Å². The first-order valence-electron chi connectivity index (χ1n) is 5.99. The van der Waals surface area contributed by atoms with E-state index in [1.165, 1.54) is 25.0 Å². The van der Waals surface area contributed by atoms with E-state index in [1.54, 1.807) is 6.07 Å². The molecule has 1 aromatic rings. The molecule has 0 amide bonds. The van der Waals surface area contributed by atoms with Crippen molar-refractivity contribution in [1.82, 2.24) is 5.32 Å². The van der Waals surface area contributed by atoms with Crippen LogP contribution in [0.5, 0.6) is 5.75 Å². The van der Waals surface area contributed by atoms with Crippen LogP contribution in [0.25, 0.3) is 0 Å². The first kappa shape index (κ1) is 12.3. The quantitative estimate of drug-likeness (QED) is 0.741. The number of nitrogens with one attached hydrogen (secondary N) is 1. The van der Waals surface area contributed by atoms with Gasteiger partial charge < -0.3 is 10.1 Å². The molecule has 2 nitrogen and oxygen atoms in total. The van der Waals surface area contributed by atoms with Gasteiger partial charge in [-0.05, 0) is 30.5 Å². The van der Waals surface area contributed by atoms with Gasteiger partial charge in [0.1, 0.15) is 11.6 Å². The maximum absolute atomic E-state index is 13.3. The van der Waals surface area contributed by atoms with E-state index < -0.39 is 6.67 Å². The summed E-state index contributed by atoms with van der Waals surface area (Å²) in [6, 6.07) is 5.22. The topological polar surface area (TPSA) is 21.3 Å². The van der Waals surface area contributed by atoms with Crippen molar-refractivity contribution in [2.75, 3.05) is 13.3 Å². The minimum atomic E-state index is -0.411. The summed E-state index contributed by atoms with van der Waals surface area (Å²) in [6.45, 7) is 0.531. The molecular weight excluding hydrogens is 224 g/mol. The van der Waals surface area contributed by atoms with Gasteiger partial charge in [0.2, 0.25) is 0 Å². The van der Waals surface area contributed by atoms with Gasteiger partial charge in [-0.3, -0.25) is 4.39 Å². The molecular formula is C13H17F2NO. The van der Waals surface area contributed by atoms with Crippen molar-refractivity contribution in [2.24, 2.45) is 0 Å². The fraction of sp³-hybridized carbons (Fsp3) is 0.538. The van der Waals surface area contributed by atoms with E-state index in [0.29, 0.717) is 24.8 Å². The Morgan fingerprint density at radius 3 is 2.82 bits per heavy atom. The maximum atomic E-state index is 13.3. The zero-order chi connectivity index (χ0) is 12.1. The second-order valence-corrected chi connectivity index (χ2v) is 4.34. The Morgan fingerprint density at radius 2 is 2.12 bits per heavy atom. The Hall–Kier alpha value is -1.16. The first-order chi connectivity index (χ1) is 8.28. The van der Waals surface area contributed by atoms with E-state index in [-0.39, 0.29) is 12.4 Å². The molecule has 1 aliphatic rings. The lowest BCUT2D eigenvalue weighted by molar-refractivity contribution is 0.288. The lowest BCUT2D eigenvalue weighted by Crippen LogP contribution is -2.15. The van der Waals surface area contributed by atoms with Crippen molar-refractivity contribution >= 4 is 0 Å². The fourth-order valence-corrected chi connectivity index (χ4v) is 1.60. The number of ether oxygens (including phenoxy) is 1. The van der Waals surface area contributed by atoms with Crippen molar-refractivity contribution in [2.45, 2.75) is 31.8 Å². The predicted octanol–water partition coefficient (Wildman–Crippen LogP) is 2.82. The lowest BCUT2D eigenvalue weighted by Gasteiger charge is -2.08. The molecule has 0 radical (unpaired) electrons. The molecule has 0 saturated heterocycles.